The predicted molar refractivity (Wildman–Crippen MR) is 116 cm³/mol. The van der Waals surface area contributed by atoms with Crippen LogP contribution >= 0.6 is 0 Å². The maximum absolute atomic E-state index is 14.3. The van der Waals surface area contributed by atoms with Crippen LogP contribution in [0, 0.1) is 11.1 Å². The molecule has 3 aromatic rings. The van der Waals surface area contributed by atoms with Crippen molar-refractivity contribution in [2.24, 2.45) is 5.92 Å². The van der Waals surface area contributed by atoms with Crippen molar-refractivity contribution in [3.8, 4) is 11.5 Å². The van der Waals surface area contributed by atoms with Gasteiger partial charge in [0.2, 0.25) is 0 Å². The standard InChI is InChI=1S/C26H25NO5/c28-18-8-7-15-11-20-26(29)12-17-16-3-1-2-4-19(16)31-22(17)24-25(26,21(15)23(18)32-24)9-10-27(20,30)13-14-5-6-14/h1-4,7-8,14,20,24,28-29H,5-6,9-13H2/t20-,24+,25+,26-,27?/m1/s1. The maximum atomic E-state index is 14.3. The zero-order valence-electron chi connectivity index (χ0n) is 17.7. The lowest BCUT2D eigenvalue weighted by molar-refractivity contribution is -0.924. The Morgan fingerprint density at radius 1 is 1.16 bits per heavy atom. The van der Waals surface area contributed by atoms with Crippen molar-refractivity contribution in [3.05, 3.63) is 64.1 Å². The van der Waals surface area contributed by atoms with E-state index in [0.29, 0.717) is 44.0 Å². The summed E-state index contributed by atoms with van der Waals surface area (Å²) in [6, 6.07) is 11.0. The predicted octanol–water partition coefficient (Wildman–Crippen LogP) is 3.85. The Labute approximate surface area is 185 Å². The summed E-state index contributed by atoms with van der Waals surface area (Å²) in [4.78, 5) is 0. The molecule has 2 fully saturated rings. The third-order valence-corrected chi connectivity index (χ3v) is 9.22. The molecule has 6 heteroatoms. The zero-order chi connectivity index (χ0) is 21.5. The van der Waals surface area contributed by atoms with Crippen LogP contribution in [-0.4, -0.2) is 39.6 Å². The zero-order valence-corrected chi connectivity index (χ0v) is 17.7. The van der Waals surface area contributed by atoms with Gasteiger partial charge in [0.25, 0.3) is 0 Å². The molecule has 0 radical (unpaired) electrons. The summed E-state index contributed by atoms with van der Waals surface area (Å²) < 4.78 is 12.5. The Morgan fingerprint density at radius 3 is 2.84 bits per heavy atom. The van der Waals surface area contributed by atoms with Crippen molar-refractivity contribution in [2.45, 2.75) is 55.3 Å². The van der Waals surface area contributed by atoms with Crippen LogP contribution in [0.1, 0.15) is 47.8 Å². The molecule has 2 aromatic carbocycles. The molecule has 0 amide bonds. The second kappa shape index (κ2) is 5.33. The van der Waals surface area contributed by atoms with E-state index >= 15 is 0 Å². The number of quaternary nitrogens is 1. The lowest BCUT2D eigenvalue weighted by atomic mass is 9.49. The Hall–Kier alpha value is -2.54. The topological polar surface area (TPSA) is 85.9 Å². The van der Waals surface area contributed by atoms with Gasteiger partial charge >= 0.3 is 0 Å². The van der Waals surface area contributed by atoms with Crippen LogP contribution in [0.4, 0.5) is 0 Å². The number of furan rings is 1. The number of fused-ring (bicyclic) bond motifs is 4. The van der Waals surface area contributed by atoms with Gasteiger partial charge in [-0.1, -0.05) is 24.3 Å². The number of para-hydroxylation sites is 1. The summed E-state index contributed by atoms with van der Waals surface area (Å²) in [5.41, 5.74) is 1.64. The monoisotopic (exact) mass is 431 g/mol. The van der Waals surface area contributed by atoms with E-state index in [1.807, 2.05) is 30.3 Å². The first kappa shape index (κ1) is 18.0. The average molecular weight is 431 g/mol. The highest BCUT2D eigenvalue weighted by Crippen LogP contribution is 2.70. The maximum Gasteiger partial charge on any atom is 0.170 e. The minimum Gasteiger partial charge on any atom is -0.632 e. The third kappa shape index (κ3) is 1.83. The van der Waals surface area contributed by atoms with Gasteiger partial charge in [-0.05, 0) is 30.5 Å². The van der Waals surface area contributed by atoms with Crippen LogP contribution in [0.2, 0.25) is 0 Å². The smallest absolute Gasteiger partial charge is 0.170 e. The summed E-state index contributed by atoms with van der Waals surface area (Å²) in [7, 11) is 0. The molecule has 1 unspecified atom stereocenters. The lowest BCUT2D eigenvalue weighted by Crippen LogP contribution is -2.78. The molecular weight excluding hydrogens is 406 g/mol. The Kier molecular flexibility index (Phi) is 2.99. The molecule has 1 saturated heterocycles. The van der Waals surface area contributed by atoms with Crippen molar-refractivity contribution < 1.29 is 24.0 Å². The summed E-state index contributed by atoms with van der Waals surface area (Å²) in [5.74, 6) is 1.78. The van der Waals surface area contributed by atoms with Gasteiger partial charge in [0.1, 0.15) is 23.0 Å². The summed E-state index contributed by atoms with van der Waals surface area (Å²) in [6.45, 7) is 1.06. The molecule has 8 rings (SSSR count). The number of phenolic OH excluding ortho intramolecular Hbond substituents is 1. The molecule has 32 heavy (non-hydrogen) atoms. The van der Waals surface area contributed by atoms with E-state index in [0.717, 1.165) is 46.3 Å². The molecule has 5 aliphatic rings. The Balaban J connectivity index is 1.44. The van der Waals surface area contributed by atoms with Gasteiger partial charge in [-0.2, -0.15) is 0 Å². The van der Waals surface area contributed by atoms with Crippen LogP contribution in [0.5, 0.6) is 11.5 Å². The van der Waals surface area contributed by atoms with Crippen molar-refractivity contribution in [1.82, 2.24) is 0 Å². The fourth-order valence-corrected chi connectivity index (χ4v) is 7.70. The van der Waals surface area contributed by atoms with Crippen LogP contribution in [0.3, 0.4) is 0 Å². The Morgan fingerprint density at radius 2 is 2.00 bits per heavy atom. The fraction of sp³-hybridized carbons (Fsp3) is 0.462. The number of aromatic hydroxyl groups is 1. The van der Waals surface area contributed by atoms with Gasteiger partial charge < -0.3 is 29.2 Å². The first-order valence-corrected chi connectivity index (χ1v) is 11.8. The molecule has 2 bridgehead atoms. The van der Waals surface area contributed by atoms with E-state index in [1.165, 1.54) is 0 Å². The number of likely N-dealkylation sites (tertiary alicyclic amines) is 1. The summed E-state index contributed by atoms with van der Waals surface area (Å²) in [5, 5.41) is 38.7. The second-order valence-corrected chi connectivity index (χ2v) is 10.7. The number of rotatable bonds is 2. The molecule has 2 aliphatic heterocycles. The molecule has 3 heterocycles. The fourth-order valence-electron chi connectivity index (χ4n) is 7.70. The number of ether oxygens (including phenoxy) is 1. The number of piperidine rings is 1. The van der Waals surface area contributed by atoms with Crippen LogP contribution in [-0.2, 0) is 18.3 Å². The summed E-state index contributed by atoms with van der Waals surface area (Å²) >= 11 is 0. The van der Waals surface area contributed by atoms with E-state index < -0.39 is 23.2 Å². The summed E-state index contributed by atoms with van der Waals surface area (Å²) in [6.07, 6.45) is 3.12. The van der Waals surface area contributed by atoms with Gasteiger partial charge in [0, 0.05) is 41.7 Å². The SMILES string of the molecule is [O-][N+]1(CC2CC2)CC[C@]23c4c5ccc(O)c4O[C@H]2c2oc4ccccc4c2C[C@@]3(O)[C@H]1C5. The van der Waals surface area contributed by atoms with Gasteiger partial charge in [-0.3, -0.25) is 0 Å². The first-order chi connectivity index (χ1) is 15.4. The Bertz CT molecular complexity index is 1330. The largest absolute Gasteiger partial charge is 0.632 e. The average Bonchev–Trinajstić information content (AvgIpc) is 3.39. The molecule has 3 aliphatic carbocycles. The minimum absolute atomic E-state index is 0.0948. The first-order valence-electron chi connectivity index (χ1n) is 11.8. The number of hydrogen-bond donors (Lipinski definition) is 2. The number of benzene rings is 2. The molecule has 6 nitrogen and oxygen atoms in total. The quantitative estimate of drug-likeness (QED) is 0.476. The number of hydroxylamine groups is 3. The van der Waals surface area contributed by atoms with Gasteiger partial charge in [-0.15, -0.1) is 0 Å². The molecule has 1 saturated carbocycles. The van der Waals surface area contributed by atoms with E-state index in [2.05, 4.69) is 0 Å². The van der Waals surface area contributed by atoms with Gasteiger partial charge in [0.15, 0.2) is 17.6 Å². The lowest BCUT2D eigenvalue weighted by Gasteiger charge is -2.67. The molecular formula is C26H25NO5. The number of phenols is 1. The van der Waals surface area contributed by atoms with E-state index in [4.69, 9.17) is 9.15 Å². The van der Waals surface area contributed by atoms with Crippen LogP contribution in [0.15, 0.2) is 40.8 Å². The van der Waals surface area contributed by atoms with Crippen molar-refractivity contribution in [1.29, 1.82) is 0 Å². The van der Waals surface area contributed by atoms with Crippen molar-refractivity contribution in [3.63, 3.8) is 0 Å². The van der Waals surface area contributed by atoms with Crippen molar-refractivity contribution in [2.75, 3.05) is 13.1 Å². The molecule has 5 atom stereocenters. The van der Waals surface area contributed by atoms with Crippen LogP contribution < -0.4 is 4.74 Å². The van der Waals surface area contributed by atoms with E-state index in [1.54, 1.807) is 6.07 Å². The van der Waals surface area contributed by atoms with E-state index in [-0.39, 0.29) is 10.4 Å². The highest BCUT2D eigenvalue weighted by molar-refractivity contribution is 5.84. The number of nitrogens with zero attached hydrogens (tertiary/aromatic N) is 1. The normalized spacial score (nSPS) is 38.3. The molecule has 2 N–H and O–H groups in total. The van der Waals surface area contributed by atoms with Gasteiger partial charge in [0.05, 0.1) is 18.5 Å². The highest BCUT2D eigenvalue weighted by atomic mass is 16.6. The third-order valence-electron chi connectivity index (χ3n) is 9.22. The molecule has 1 spiro atoms. The van der Waals surface area contributed by atoms with Crippen molar-refractivity contribution >= 4 is 11.0 Å². The van der Waals surface area contributed by atoms with Gasteiger partial charge in [-0.25, -0.2) is 0 Å². The molecule has 164 valence electrons. The highest BCUT2D eigenvalue weighted by Gasteiger charge is 2.76. The van der Waals surface area contributed by atoms with E-state index in [9.17, 15) is 15.4 Å². The number of aliphatic hydroxyl groups is 1. The minimum atomic E-state index is -1.25. The van der Waals surface area contributed by atoms with Crippen LogP contribution in [0.25, 0.3) is 11.0 Å². The molecule has 1 aromatic heterocycles. The number of hydrogen-bond acceptors (Lipinski definition) is 5. The second-order valence-electron chi connectivity index (χ2n) is 10.7.